The summed E-state index contributed by atoms with van der Waals surface area (Å²) >= 11 is 0. The van der Waals surface area contributed by atoms with Crippen molar-refractivity contribution in [3.05, 3.63) is 29.8 Å². The summed E-state index contributed by atoms with van der Waals surface area (Å²) in [4.78, 5) is 13.8. The highest BCUT2D eigenvalue weighted by molar-refractivity contribution is 5.74. The Morgan fingerprint density at radius 3 is 2.95 bits per heavy atom. The molecule has 0 radical (unpaired) electrons. The van der Waals surface area contributed by atoms with Gasteiger partial charge < -0.3 is 15.5 Å². The predicted molar refractivity (Wildman–Crippen MR) is 78.6 cm³/mol. The second-order valence-corrected chi connectivity index (χ2v) is 5.27. The number of rotatable bonds is 5. The molecule has 0 saturated heterocycles. The molecular formula is C15H23N3O. The van der Waals surface area contributed by atoms with Gasteiger partial charge in [-0.15, -0.1) is 0 Å². The lowest BCUT2D eigenvalue weighted by molar-refractivity contribution is 0.238. The van der Waals surface area contributed by atoms with Gasteiger partial charge in [0.1, 0.15) is 0 Å². The maximum absolute atomic E-state index is 11.4. The highest BCUT2D eigenvalue weighted by Gasteiger charge is 2.17. The summed E-state index contributed by atoms with van der Waals surface area (Å²) in [7, 11) is 0. The van der Waals surface area contributed by atoms with Crippen molar-refractivity contribution in [1.82, 2.24) is 10.6 Å². The number of urea groups is 1. The maximum Gasteiger partial charge on any atom is 0.314 e. The van der Waals surface area contributed by atoms with E-state index in [4.69, 9.17) is 0 Å². The van der Waals surface area contributed by atoms with E-state index in [-0.39, 0.29) is 12.1 Å². The molecule has 1 heterocycles. The molecule has 0 unspecified atom stereocenters. The van der Waals surface area contributed by atoms with Crippen LogP contribution >= 0.6 is 0 Å². The van der Waals surface area contributed by atoms with Crippen molar-refractivity contribution in [2.75, 3.05) is 24.5 Å². The molecule has 0 aromatic heterocycles. The minimum atomic E-state index is -0.0724. The van der Waals surface area contributed by atoms with Crippen LogP contribution < -0.4 is 15.5 Å². The summed E-state index contributed by atoms with van der Waals surface area (Å²) in [6.45, 7) is 6.73. The molecule has 0 spiro atoms. The third kappa shape index (κ3) is 3.88. The van der Waals surface area contributed by atoms with Gasteiger partial charge in [0, 0.05) is 31.4 Å². The first-order valence-corrected chi connectivity index (χ1v) is 7.04. The van der Waals surface area contributed by atoms with Crippen LogP contribution in [-0.4, -0.2) is 31.7 Å². The zero-order chi connectivity index (χ0) is 13.7. The Morgan fingerprint density at radius 1 is 1.37 bits per heavy atom. The summed E-state index contributed by atoms with van der Waals surface area (Å²) in [5, 5.41) is 5.71. The monoisotopic (exact) mass is 261 g/mol. The van der Waals surface area contributed by atoms with Crippen LogP contribution in [0.3, 0.4) is 0 Å². The molecule has 19 heavy (non-hydrogen) atoms. The van der Waals surface area contributed by atoms with Gasteiger partial charge in [0.25, 0.3) is 0 Å². The van der Waals surface area contributed by atoms with Crippen molar-refractivity contribution in [3.63, 3.8) is 0 Å². The molecule has 0 fully saturated rings. The van der Waals surface area contributed by atoms with E-state index in [0.717, 1.165) is 32.5 Å². The lowest BCUT2D eigenvalue weighted by Crippen LogP contribution is -2.40. The van der Waals surface area contributed by atoms with Crippen LogP contribution in [0.2, 0.25) is 0 Å². The van der Waals surface area contributed by atoms with Crippen LogP contribution in [0, 0.1) is 0 Å². The van der Waals surface area contributed by atoms with E-state index < -0.39 is 0 Å². The van der Waals surface area contributed by atoms with Gasteiger partial charge in [0.2, 0.25) is 0 Å². The molecule has 4 nitrogen and oxygen atoms in total. The van der Waals surface area contributed by atoms with E-state index in [1.807, 2.05) is 13.8 Å². The number of anilines is 1. The van der Waals surface area contributed by atoms with Gasteiger partial charge in [0.05, 0.1) is 0 Å². The van der Waals surface area contributed by atoms with Gasteiger partial charge >= 0.3 is 6.03 Å². The molecule has 104 valence electrons. The first kappa shape index (κ1) is 13.7. The van der Waals surface area contributed by atoms with Crippen LogP contribution in [-0.2, 0) is 6.42 Å². The van der Waals surface area contributed by atoms with Crippen LogP contribution in [0.15, 0.2) is 24.3 Å². The molecular weight excluding hydrogens is 238 g/mol. The summed E-state index contributed by atoms with van der Waals surface area (Å²) in [6.07, 6.45) is 2.11. The zero-order valence-corrected chi connectivity index (χ0v) is 11.8. The Labute approximate surface area is 115 Å². The fourth-order valence-corrected chi connectivity index (χ4v) is 2.42. The average Bonchev–Trinajstić information content (AvgIpc) is 2.77. The van der Waals surface area contributed by atoms with E-state index >= 15 is 0 Å². The minimum absolute atomic E-state index is 0.0724. The van der Waals surface area contributed by atoms with Gasteiger partial charge in [-0.1, -0.05) is 18.2 Å². The number of hydrogen-bond donors (Lipinski definition) is 2. The molecule has 2 N–H and O–H groups in total. The number of amides is 2. The molecule has 0 atom stereocenters. The molecule has 0 saturated carbocycles. The predicted octanol–water partition coefficient (Wildman–Crippen LogP) is 2.15. The number of nitrogens with one attached hydrogen (secondary N) is 2. The highest BCUT2D eigenvalue weighted by Crippen LogP contribution is 2.27. The summed E-state index contributed by atoms with van der Waals surface area (Å²) in [5.74, 6) is 0. The molecule has 1 aromatic carbocycles. The van der Waals surface area contributed by atoms with E-state index in [1.165, 1.54) is 11.3 Å². The van der Waals surface area contributed by atoms with Crippen LogP contribution in [0.4, 0.5) is 10.5 Å². The molecule has 2 amide bonds. The first-order valence-electron chi connectivity index (χ1n) is 7.04. The van der Waals surface area contributed by atoms with Gasteiger partial charge in [-0.05, 0) is 38.3 Å². The Bertz CT molecular complexity index is 431. The third-order valence-electron chi connectivity index (χ3n) is 3.29. The lowest BCUT2D eigenvalue weighted by Gasteiger charge is -2.19. The number of carbonyl (C=O) groups excluding carboxylic acids is 1. The number of nitrogens with zero attached hydrogens (tertiary/aromatic N) is 1. The number of benzene rings is 1. The van der Waals surface area contributed by atoms with E-state index in [0.29, 0.717) is 0 Å². The molecule has 1 aliphatic heterocycles. The van der Waals surface area contributed by atoms with E-state index in [1.54, 1.807) is 0 Å². The molecule has 1 aliphatic rings. The van der Waals surface area contributed by atoms with Crippen LogP contribution in [0.1, 0.15) is 25.8 Å². The smallest absolute Gasteiger partial charge is 0.314 e. The zero-order valence-electron chi connectivity index (χ0n) is 11.8. The Balaban J connectivity index is 1.69. The molecule has 4 heteroatoms. The average molecular weight is 261 g/mol. The summed E-state index contributed by atoms with van der Waals surface area (Å²) in [6, 6.07) is 8.68. The normalized spacial score (nSPS) is 13.5. The SMILES string of the molecule is CC(C)NC(=O)NCCCN1CCc2ccccc21. The standard InChI is InChI=1S/C15H23N3O/c1-12(2)17-15(19)16-9-5-10-18-11-8-13-6-3-4-7-14(13)18/h3-4,6-7,12H,5,8-11H2,1-2H3,(H2,16,17,19). The topological polar surface area (TPSA) is 44.4 Å². The number of para-hydroxylation sites is 1. The molecule has 0 bridgehead atoms. The van der Waals surface area contributed by atoms with Crippen molar-refractivity contribution >= 4 is 11.7 Å². The van der Waals surface area contributed by atoms with Gasteiger partial charge in [-0.2, -0.15) is 0 Å². The summed E-state index contributed by atoms with van der Waals surface area (Å²) < 4.78 is 0. The van der Waals surface area contributed by atoms with Crippen LogP contribution in [0.25, 0.3) is 0 Å². The number of hydrogen-bond acceptors (Lipinski definition) is 2. The second-order valence-electron chi connectivity index (χ2n) is 5.27. The fourth-order valence-electron chi connectivity index (χ4n) is 2.42. The highest BCUT2D eigenvalue weighted by atomic mass is 16.2. The van der Waals surface area contributed by atoms with Crippen LogP contribution in [0.5, 0.6) is 0 Å². The van der Waals surface area contributed by atoms with E-state index in [9.17, 15) is 4.79 Å². The van der Waals surface area contributed by atoms with Gasteiger partial charge in [0.15, 0.2) is 0 Å². The lowest BCUT2D eigenvalue weighted by atomic mass is 10.2. The van der Waals surface area contributed by atoms with Crippen molar-refractivity contribution in [2.24, 2.45) is 0 Å². The maximum atomic E-state index is 11.4. The Morgan fingerprint density at radius 2 is 2.16 bits per heavy atom. The summed E-state index contributed by atoms with van der Waals surface area (Å²) in [5.41, 5.74) is 2.79. The molecule has 1 aromatic rings. The van der Waals surface area contributed by atoms with Crippen molar-refractivity contribution in [1.29, 1.82) is 0 Å². The van der Waals surface area contributed by atoms with Crippen molar-refractivity contribution in [3.8, 4) is 0 Å². The van der Waals surface area contributed by atoms with Crippen molar-refractivity contribution in [2.45, 2.75) is 32.7 Å². The van der Waals surface area contributed by atoms with Gasteiger partial charge in [-0.25, -0.2) is 4.79 Å². The first-order chi connectivity index (χ1) is 9.16. The fraction of sp³-hybridized carbons (Fsp3) is 0.533. The Hall–Kier alpha value is -1.71. The molecule has 0 aliphatic carbocycles. The largest absolute Gasteiger partial charge is 0.371 e. The second kappa shape index (κ2) is 6.45. The Kier molecular flexibility index (Phi) is 4.66. The number of carbonyl (C=O) groups is 1. The minimum Gasteiger partial charge on any atom is -0.371 e. The third-order valence-corrected chi connectivity index (χ3v) is 3.29. The van der Waals surface area contributed by atoms with Crippen molar-refractivity contribution < 1.29 is 4.79 Å². The quantitative estimate of drug-likeness (QED) is 0.798. The van der Waals surface area contributed by atoms with Gasteiger partial charge in [-0.3, -0.25) is 0 Å². The number of fused-ring (bicyclic) bond motifs is 1. The molecule has 2 rings (SSSR count). The van der Waals surface area contributed by atoms with E-state index in [2.05, 4.69) is 39.8 Å².